The molecule has 0 atom stereocenters. The van der Waals surface area contributed by atoms with Crippen molar-refractivity contribution in [3.8, 4) is 21.7 Å². The first-order valence-corrected chi connectivity index (χ1v) is 10.5. The Labute approximate surface area is 163 Å². The second-order valence-corrected chi connectivity index (χ2v) is 8.64. The summed E-state index contributed by atoms with van der Waals surface area (Å²) in [5, 5.41) is 2.54. The molecule has 128 valence electrons. The minimum Gasteiger partial charge on any atom is -0.355 e. The molecule has 0 unspecified atom stereocenters. The predicted octanol–water partition coefficient (Wildman–Crippen LogP) is 7.33. The molecular weight excluding hydrogens is 368 g/mol. The highest BCUT2D eigenvalue weighted by Crippen LogP contribution is 2.35. The maximum absolute atomic E-state index is 4.44. The molecule has 3 aromatic heterocycles. The van der Waals surface area contributed by atoms with Gasteiger partial charge in [-0.25, -0.2) is 4.98 Å². The van der Waals surface area contributed by atoms with E-state index >= 15 is 0 Å². The van der Waals surface area contributed by atoms with Crippen LogP contribution in [0.15, 0.2) is 78.3 Å². The van der Waals surface area contributed by atoms with E-state index in [0.29, 0.717) is 0 Å². The molecule has 4 heteroatoms. The van der Waals surface area contributed by atoms with Crippen LogP contribution < -0.4 is 0 Å². The van der Waals surface area contributed by atoms with E-state index in [4.69, 9.17) is 0 Å². The zero-order valence-electron chi connectivity index (χ0n) is 14.3. The first-order chi connectivity index (χ1) is 13.3. The third kappa shape index (κ3) is 2.49. The zero-order chi connectivity index (χ0) is 17.8. The third-order valence-electron chi connectivity index (χ3n) is 4.97. The summed E-state index contributed by atoms with van der Waals surface area (Å²) in [6, 6.07) is 26.2. The van der Waals surface area contributed by atoms with E-state index < -0.39 is 0 Å². The van der Waals surface area contributed by atoms with Crippen LogP contribution in [0, 0.1) is 0 Å². The monoisotopic (exact) mass is 382 g/mol. The van der Waals surface area contributed by atoms with Gasteiger partial charge in [0.05, 0.1) is 15.7 Å². The molecule has 0 amide bonds. The fourth-order valence-corrected chi connectivity index (χ4v) is 5.30. The van der Waals surface area contributed by atoms with Crippen molar-refractivity contribution >= 4 is 53.9 Å². The quantitative estimate of drug-likeness (QED) is 0.334. The van der Waals surface area contributed by atoms with Crippen molar-refractivity contribution in [1.82, 2.24) is 9.97 Å². The summed E-state index contributed by atoms with van der Waals surface area (Å²) >= 11 is 3.52. The molecule has 0 radical (unpaired) electrons. The fraction of sp³-hybridized carbons (Fsp3) is 0. The van der Waals surface area contributed by atoms with Crippen molar-refractivity contribution in [2.45, 2.75) is 0 Å². The van der Waals surface area contributed by atoms with Gasteiger partial charge in [0.25, 0.3) is 0 Å². The molecule has 3 aromatic carbocycles. The van der Waals surface area contributed by atoms with Gasteiger partial charge < -0.3 is 4.98 Å². The topological polar surface area (TPSA) is 28.7 Å². The molecule has 0 aliphatic heterocycles. The average Bonchev–Trinajstić information content (AvgIpc) is 3.42. The van der Waals surface area contributed by atoms with Crippen molar-refractivity contribution < 1.29 is 0 Å². The van der Waals surface area contributed by atoms with E-state index in [1.165, 1.54) is 41.7 Å². The molecule has 0 bridgehead atoms. The standard InChI is InChI=1S/C23H14N2S2/c1-2-4-21-16(3-1)12-23(27-21)17-6-5-14-9-18(25-19(14)11-17)15-7-8-22-20(10-15)24-13-26-22/h1-13,25H. The van der Waals surface area contributed by atoms with Gasteiger partial charge in [-0.2, -0.15) is 0 Å². The third-order valence-corrected chi connectivity index (χ3v) is 6.95. The normalized spacial score (nSPS) is 11.7. The summed E-state index contributed by atoms with van der Waals surface area (Å²) in [5.74, 6) is 0. The van der Waals surface area contributed by atoms with Gasteiger partial charge in [-0.15, -0.1) is 22.7 Å². The Hall–Kier alpha value is -2.95. The van der Waals surface area contributed by atoms with Gasteiger partial charge in [0.15, 0.2) is 0 Å². The number of aromatic nitrogens is 2. The summed E-state index contributed by atoms with van der Waals surface area (Å²) in [6.45, 7) is 0. The molecule has 6 aromatic rings. The number of thiazole rings is 1. The van der Waals surface area contributed by atoms with Gasteiger partial charge in [0.2, 0.25) is 0 Å². The Kier molecular flexibility index (Phi) is 3.24. The van der Waals surface area contributed by atoms with E-state index in [9.17, 15) is 0 Å². The molecule has 0 saturated heterocycles. The Morgan fingerprint density at radius 3 is 2.63 bits per heavy atom. The van der Waals surface area contributed by atoms with Gasteiger partial charge in [0.1, 0.15) is 0 Å². The molecule has 0 aliphatic carbocycles. The summed E-state index contributed by atoms with van der Waals surface area (Å²) in [6.07, 6.45) is 0. The van der Waals surface area contributed by atoms with Crippen molar-refractivity contribution in [3.63, 3.8) is 0 Å². The molecule has 0 fully saturated rings. The lowest BCUT2D eigenvalue weighted by molar-refractivity contribution is 1.45. The molecule has 0 spiro atoms. The van der Waals surface area contributed by atoms with Crippen LogP contribution in [-0.4, -0.2) is 9.97 Å². The van der Waals surface area contributed by atoms with Crippen LogP contribution >= 0.6 is 22.7 Å². The highest BCUT2D eigenvalue weighted by molar-refractivity contribution is 7.22. The summed E-state index contributed by atoms with van der Waals surface area (Å²) in [7, 11) is 0. The minimum atomic E-state index is 1.06. The van der Waals surface area contributed by atoms with Gasteiger partial charge in [-0.3, -0.25) is 0 Å². The Bertz CT molecular complexity index is 1400. The lowest BCUT2D eigenvalue weighted by Crippen LogP contribution is -1.77. The number of H-pyrrole nitrogens is 1. The zero-order valence-corrected chi connectivity index (χ0v) is 15.9. The number of nitrogens with zero attached hydrogens (tertiary/aromatic N) is 1. The number of fused-ring (bicyclic) bond motifs is 3. The molecule has 6 rings (SSSR count). The molecule has 0 saturated carbocycles. The van der Waals surface area contributed by atoms with E-state index in [1.54, 1.807) is 11.3 Å². The van der Waals surface area contributed by atoms with Gasteiger partial charge in [-0.1, -0.05) is 36.4 Å². The van der Waals surface area contributed by atoms with Gasteiger partial charge in [-0.05, 0) is 47.3 Å². The van der Waals surface area contributed by atoms with Crippen LogP contribution in [0.2, 0.25) is 0 Å². The van der Waals surface area contributed by atoms with Crippen LogP contribution in [0.1, 0.15) is 0 Å². The predicted molar refractivity (Wildman–Crippen MR) is 118 cm³/mol. The van der Waals surface area contributed by atoms with Crippen LogP contribution in [0.4, 0.5) is 0 Å². The number of nitrogens with one attached hydrogen (secondary N) is 1. The lowest BCUT2D eigenvalue weighted by atomic mass is 10.1. The average molecular weight is 383 g/mol. The largest absolute Gasteiger partial charge is 0.355 e. The van der Waals surface area contributed by atoms with Crippen LogP contribution in [0.5, 0.6) is 0 Å². The van der Waals surface area contributed by atoms with Crippen molar-refractivity contribution in [2.75, 3.05) is 0 Å². The second kappa shape index (κ2) is 5.78. The lowest BCUT2D eigenvalue weighted by Gasteiger charge is -1.98. The minimum absolute atomic E-state index is 1.06. The fourth-order valence-electron chi connectivity index (χ4n) is 3.59. The van der Waals surface area contributed by atoms with Gasteiger partial charge >= 0.3 is 0 Å². The van der Waals surface area contributed by atoms with Crippen molar-refractivity contribution in [2.24, 2.45) is 0 Å². The van der Waals surface area contributed by atoms with Gasteiger partial charge in [0, 0.05) is 31.7 Å². The number of benzene rings is 3. The summed E-state index contributed by atoms with van der Waals surface area (Å²) < 4.78 is 2.55. The second-order valence-electron chi connectivity index (χ2n) is 6.67. The SMILES string of the molecule is c1ccc2sc(-c3ccc4cc(-c5ccc6scnc6c5)[nH]c4c3)cc2c1. The molecule has 2 nitrogen and oxygen atoms in total. The van der Waals surface area contributed by atoms with E-state index in [2.05, 4.69) is 82.8 Å². The molecule has 3 heterocycles. The van der Waals surface area contributed by atoms with E-state index in [1.807, 2.05) is 16.8 Å². The van der Waals surface area contributed by atoms with Crippen molar-refractivity contribution in [1.29, 1.82) is 0 Å². The molecule has 27 heavy (non-hydrogen) atoms. The molecular formula is C23H14N2S2. The Balaban J connectivity index is 1.46. The molecule has 1 N–H and O–H groups in total. The number of hydrogen-bond acceptors (Lipinski definition) is 3. The van der Waals surface area contributed by atoms with Crippen molar-refractivity contribution in [3.05, 3.63) is 78.3 Å². The Morgan fingerprint density at radius 1 is 0.741 bits per heavy atom. The maximum atomic E-state index is 4.44. The number of thiophene rings is 1. The smallest absolute Gasteiger partial charge is 0.0818 e. The number of rotatable bonds is 2. The van der Waals surface area contributed by atoms with Crippen LogP contribution in [-0.2, 0) is 0 Å². The van der Waals surface area contributed by atoms with Crippen LogP contribution in [0.3, 0.4) is 0 Å². The van der Waals surface area contributed by atoms with E-state index in [-0.39, 0.29) is 0 Å². The molecule has 0 aliphatic rings. The van der Waals surface area contributed by atoms with E-state index in [0.717, 1.165) is 11.2 Å². The van der Waals surface area contributed by atoms with Crippen LogP contribution in [0.25, 0.3) is 52.9 Å². The highest BCUT2D eigenvalue weighted by atomic mass is 32.1. The summed E-state index contributed by atoms with van der Waals surface area (Å²) in [4.78, 5) is 9.34. The maximum Gasteiger partial charge on any atom is 0.0818 e. The number of hydrogen-bond donors (Lipinski definition) is 1. The first kappa shape index (κ1) is 15.1. The first-order valence-electron chi connectivity index (χ1n) is 8.79. The number of aromatic amines is 1. The highest BCUT2D eigenvalue weighted by Gasteiger charge is 2.09. The Morgan fingerprint density at radius 2 is 1.67 bits per heavy atom. The summed E-state index contributed by atoms with van der Waals surface area (Å²) in [5.41, 5.74) is 7.69.